The van der Waals surface area contributed by atoms with Gasteiger partial charge in [-0.1, -0.05) is 11.3 Å². The SMILES string of the molecule is N#CCc1cccc(Cn2nnc3c(-c4ccco4)nc(N)nc32)n1. The number of nitriles is 1. The van der Waals surface area contributed by atoms with Crippen molar-refractivity contribution in [3.63, 3.8) is 0 Å². The Bertz CT molecular complexity index is 1080. The van der Waals surface area contributed by atoms with Crippen molar-refractivity contribution in [3.05, 3.63) is 48.0 Å². The Morgan fingerprint density at radius 3 is 2.80 bits per heavy atom. The van der Waals surface area contributed by atoms with E-state index >= 15 is 0 Å². The molecular formula is C16H12N8O. The maximum Gasteiger partial charge on any atom is 0.222 e. The molecule has 4 rings (SSSR count). The van der Waals surface area contributed by atoms with Crippen molar-refractivity contribution in [2.45, 2.75) is 13.0 Å². The predicted octanol–water partition coefficient (Wildman–Crippen LogP) is 1.57. The maximum absolute atomic E-state index is 8.80. The molecular weight excluding hydrogens is 320 g/mol. The number of nitrogens with zero attached hydrogens (tertiary/aromatic N) is 7. The largest absolute Gasteiger partial charge is 0.463 e. The minimum absolute atomic E-state index is 0.105. The van der Waals surface area contributed by atoms with E-state index in [-0.39, 0.29) is 12.4 Å². The lowest BCUT2D eigenvalue weighted by atomic mass is 10.2. The molecule has 0 amide bonds. The normalized spacial score (nSPS) is 10.8. The Morgan fingerprint density at radius 1 is 1.12 bits per heavy atom. The van der Waals surface area contributed by atoms with Crippen molar-refractivity contribution in [1.29, 1.82) is 5.26 Å². The van der Waals surface area contributed by atoms with E-state index in [4.69, 9.17) is 15.4 Å². The summed E-state index contributed by atoms with van der Waals surface area (Å²) in [4.78, 5) is 12.9. The molecule has 0 saturated carbocycles. The van der Waals surface area contributed by atoms with E-state index in [1.807, 2.05) is 12.1 Å². The topological polar surface area (TPSA) is 132 Å². The molecule has 9 heteroatoms. The number of aromatic nitrogens is 6. The van der Waals surface area contributed by atoms with Crippen LogP contribution in [0.5, 0.6) is 0 Å². The van der Waals surface area contributed by atoms with Gasteiger partial charge >= 0.3 is 0 Å². The average molecular weight is 332 g/mol. The molecule has 0 aliphatic heterocycles. The first-order valence-corrected chi connectivity index (χ1v) is 7.47. The van der Waals surface area contributed by atoms with Crippen LogP contribution in [0.3, 0.4) is 0 Å². The highest BCUT2D eigenvalue weighted by Crippen LogP contribution is 2.25. The Kier molecular flexibility index (Phi) is 3.55. The standard InChI is InChI=1S/C16H12N8O/c17-7-6-10-3-1-4-11(19-10)9-24-15-14(22-23-24)13(20-16(18)21-15)12-5-2-8-25-12/h1-5,8H,6,9H2,(H2,18,20,21). The van der Waals surface area contributed by atoms with Gasteiger partial charge in [-0.15, -0.1) is 5.10 Å². The molecule has 0 spiro atoms. The molecule has 122 valence electrons. The van der Waals surface area contributed by atoms with E-state index in [0.29, 0.717) is 34.9 Å². The summed E-state index contributed by atoms with van der Waals surface area (Å²) in [6, 6.07) is 11.1. The van der Waals surface area contributed by atoms with Crippen LogP contribution < -0.4 is 5.73 Å². The van der Waals surface area contributed by atoms with Crippen LogP contribution in [0.4, 0.5) is 5.95 Å². The minimum Gasteiger partial charge on any atom is -0.463 e. The molecule has 0 fully saturated rings. The molecule has 0 aliphatic carbocycles. The number of rotatable bonds is 4. The number of nitrogens with two attached hydrogens (primary N) is 1. The molecule has 9 nitrogen and oxygen atoms in total. The van der Waals surface area contributed by atoms with Crippen LogP contribution in [0.15, 0.2) is 41.0 Å². The van der Waals surface area contributed by atoms with Gasteiger partial charge in [0.1, 0.15) is 5.69 Å². The first-order valence-electron chi connectivity index (χ1n) is 7.47. The Hall–Kier alpha value is -3.80. The summed E-state index contributed by atoms with van der Waals surface area (Å²) in [7, 11) is 0. The van der Waals surface area contributed by atoms with E-state index in [9.17, 15) is 0 Å². The second-order valence-corrected chi connectivity index (χ2v) is 5.28. The fourth-order valence-electron chi connectivity index (χ4n) is 2.51. The van der Waals surface area contributed by atoms with Gasteiger partial charge in [-0.05, 0) is 24.3 Å². The highest BCUT2D eigenvalue weighted by molar-refractivity contribution is 5.85. The number of pyridine rings is 1. The molecule has 4 heterocycles. The number of anilines is 1. The zero-order valence-corrected chi connectivity index (χ0v) is 13.0. The van der Waals surface area contributed by atoms with Crippen LogP contribution in [-0.4, -0.2) is 29.9 Å². The fraction of sp³-hybridized carbons (Fsp3) is 0.125. The first kappa shape index (κ1) is 14.8. The van der Waals surface area contributed by atoms with Gasteiger partial charge in [0.15, 0.2) is 16.9 Å². The summed E-state index contributed by atoms with van der Waals surface area (Å²) in [5, 5.41) is 17.1. The predicted molar refractivity (Wildman–Crippen MR) is 87.9 cm³/mol. The molecule has 0 atom stereocenters. The molecule has 25 heavy (non-hydrogen) atoms. The summed E-state index contributed by atoms with van der Waals surface area (Å²) in [6.07, 6.45) is 1.80. The van der Waals surface area contributed by atoms with Gasteiger partial charge in [0.2, 0.25) is 5.95 Å². The zero-order chi connectivity index (χ0) is 17.2. The Labute approximate surface area is 141 Å². The van der Waals surface area contributed by atoms with Gasteiger partial charge < -0.3 is 10.2 Å². The number of furan rings is 1. The first-order chi connectivity index (χ1) is 12.2. The quantitative estimate of drug-likeness (QED) is 0.595. The summed E-state index contributed by atoms with van der Waals surface area (Å²) in [6.45, 7) is 0.351. The van der Waals surface area contributed by atoms with Crippen LogP contribution in [0, 0.1) is 11.3 Å². The number of nitrogen functional groups attached to an aromatic ring is 1. The molecule has 0 radical (unpaired) electrons. The maximum atomic E-state index is 8.80. The van der Waals surface area contributed by atoms with Crippen LogP contribution in [0.2, 0.25) is 0 Å². The third kappa shape index (κ3) is 2.76. The molecule has 4 aromatic rings. The van der Waals surface area contributed by atoms with E-state index in [2.05, 4.69) is 31.3 Å². The summed E-state index contributed by atoms with van der Waals surface area (Å²) >= 11 is 0. The van der Waals surface area contributed by atoms with Crippen molar-refractivity contribution in [2.24, 2.45) is 0 Å². The average Bonchev–Trinajstić information content (AvgIpc) is 3.26. The third-order valence-corrected chi connectivity index (χ3v) is 3.57. The number of fused-ring (bicyclic) bond motifs is 1. The summed E-state index contributed by atoms with van der Waals surface area (Å²) in [5.74, 6) is 0.647. The van der Waals surface area contributed by atoms with Crippen LogP contribution >= 0.6 is 0 Å². The fourth-order valence-corrected chi connectivity index (χ4v) is 2.51. The van der Waals surface area contributed by atoms with Crippen molar-refractivity contribution in [2.75, 3.05) is 5.73 Å². The zero-order valence-electron chi connectivity index (χ0n) is 13.0. The Balaban J connectivity index is 1.77. The van der Waals surface area contributed by atoms with Gasteiger partial charge in [0.05, 0.1) is 36.7 Å². The molecule has 2 N–H and O–H groups in total. The van der Waals surface area contributed by atoms with Crippen LogP contribution in [0.1, 0.15) is 11.4 Å². The van der Waals surface area contributed by atoms with Crippen molar-refractivity contribution in [3.8, 4) is 17.5 Å². The van der Waals surface area contributed by atoms with E-state index < -0.39 is 0 Å². The molecule has 0 saturated heterocycles. The van der Waals surface area contributed by atoms with Crippen molar-refractivity contribution >= 4 is 17.1 Å². The van der Waals surface area contributed by atoms with Gasteiger partial charge in [-0.25, -0.2) is 9.67 Å². The van der Waals surface area contributed by atoms with E-state index in [0.717, 1.165) is 5.69 Å². The molecule has 0 aromatic carbocycles. The van der Waals surface area contributed by atoms with Gasteiger partial charge in [-0.2, -0.15) is 10.2 Å². The molecule has 4 aromatic heterocycles. The number of hydrogen-bond acceptors (Lipinski definition) is 8. The van der Waals surface area contributed by atoms with Crippen LogP contribution in [-0.2, 0) is 13.0 Å². The Morgan fingerprint density at radius 2 is 2.00 bits per heavy atom. The van der Waals surface area contributed by atoms with Crippen molar-refractivity contribution in [1.82, 2.24) is 29.9 Å². The third-order valence-electron chi connectivity index (χ3n) is 3.57. The smallest absolute Gasteiger partial charge is 0.222 e. The van der Waals surface area contributed by atoms with Crippen LogP contribution in [0.25, 0.3) is 22.6 Å². The highest BCUT2D eigenvalue weighted by atomic mass is 16.3. The monoisotopic (exact) mass is 332 g/mol. The molecule has 0 aliphatic rings. The van der Waals surface area contributed by atoms with E-state index in [1.165, 1.54) is 0 Å². The van der Waals surface area contributed by atoms with Gasteiger partial charge in [0.25, 0.3) is 0 Å². The molecule has 0 bridgehead atoms. The summed E-state index contributed by atoms with van der Waals surface area (Å²) < 4.78 is 6.98. The number of hydrogen-bond donors (Lipinski definition) is 1. The highest BCUT2D eigenvalue weighted by Gasteiger charge is 2.17. The van der Waals surface area contributed by atoms with E-state index in [1.54, 1.807) is 29.1 Å². The lowest BCUT2D eigenvalue weighted by molar-refractivity contribution is 0.580. The van der Waals surface area contributed by atoms with Crippen molar-refractivity contribution < 1.29 is 4.42 Å². The lowest BCUT2D eigenvalue weighted by Gasteiger charge is -2.04. The van der Waals surface area contributed by atoms with Gasteiger partial charge in [-0.3, -0.25) is 4.98 Å². The molecule has 0 unspecified atom stereocenters. The van der Waals surface area contributed by atoms with Gasteiger partial charge in [0, 0.05) is 0 Å². The second kappa shape index (κ2) is 6.01. The summed E-state index contributed by atoms with van der Waals surface area (Å²) in [5.41, 5.74) is 8.76. The lowest BCUT2D eigenvalue weighted by Crippen LogP contribution is -2.07. The second-order valence-electron chi connectivity index (χ2n) is 5.28. The minimum atomic E-state index is 0.105.